The van der Waals surface area contributed by atoms with E-state index in [1.165, 1.54) is 13.0 Å². The van der Waals surface area contributed by atoms with Crippen molar-refractivity contribution >= 4 is 11.8 Å². The molecule has 10 unspecified atom stereocenters. The Kier molecular flexibility index (Phi) is 5.57. The quantitative estimate of drug-likeness (QED) is 0.259. The molecule has 8 heteroatoms. The number of aliphatic hydroxyl groups is 4. The van der Waals surface area contributed by atoms with Crippen LogP contribution in [0.3, 0.4) is 0 Å². The Labute approximate surface area is 213 Å². The van der Waals surface area contributed by atoms with E-state index >= 15 is 0 Å². The first-order chi connectivity index (χ1) is 16.5. The summed E-state index contributed by atoms with van der Waals surface area (Å²) in [7, 11) is 0. The number of aliphatic hydroxyl groups excluding tert-OH is 1. The molecule has 1 aliphatic heterocycles. The number of hydrogen-bond acceptors (Lipinski definition) is 8. The highest BCUT2D eigenvalue weighted by atomic mass is 16.6. The van der Waals surface area contributed by atoms with Crippen LogP contribution in [0.25, 0.3) is 0 Å². The van der Waals surface area contributed by atoms with Crippen LogP contribution in [0.2, 0.25) is 0 Å². The van der Waals surface area contributed by atoms with E-state index in [0.29, 0.717) is 19.3 Å². The van der Waals surface area contributed by atoms with Gasteiger partial charge in [-0.2, -0.15) is 0 Å². The number of fused-ring (bicyclic) bond motifs is 4. The molecule has 5 fully saturated rings. The molecule has 1 spiro atoms. The number of epoxide rings is 1. The smallest absolute Gasteiger partial charge is 0.330 e. The van der Waals surface area contributed by atoms with E-state index in [9.17, 15) is 30.0 Å². The van der Waals surface area contributed by atoms with E-state index in [1.54, 1.807) is 6.92 Å². The largest absolute Gasteiger partial charge is 0.458 e. The summed E-state index contributed by atoms with van der Waals surface area (Å²) in [6.07, 6.45) is 1.50. The molecular weight excluding hydrogens is 464 g/mol. The summed E-state index contributed by atoms with van der Waals surface area (Å²) in [5, 5.41) is 47.2. The Hall–Kier alpha value is -1.32. The van der Waals surface area contributed by atoms with Gasteiger partial charge in [-0.05, 0) is 58.8 Å². The average Bonchev–Trinajstić information content (AvgIpc) is 3.41. The van der Waals surface area contributed by atoms with Gasteiger partial charge < -0.3 is 29.9 Å². The zero-order valence-corrected chi connectivity index (χ0v) is 22.3. The Morgan fingerprint density at radius 2 is 1.72 bits per heavy atom. The van der Waals surface area contributed by atoms with Gasteiger partial charge in [0.25, 0.3) is 0 Å². The van der Waals surface area contributed by atoms with Crippen LogP contribution in [0.1, 0.15) is 86.5 Å². The highest BCUT2D eigenvalue weighted by Gasteiger charge is 2.87. The van der Waals surface area contributed by atoms with Crippen LogP contribution >= 0.6 is 0 Å². The van der Waals surface area contributed by atoms with Gasteiger partial charge in [0.15, 0.2) is 5.78 Å². The Morgan fingerprint density at radius 3 is 2.33 bits per heavy atom. The molecule has 0 radical (unpaired) electrons. The van der Waals surface area contributed by atoms with Crippen molar-refractivity contribution in [1.82, 2.24) is 0 Å². The first kappa shape index (κ1) is 26.3. The van der Waals surface area contributed by atoms with Crippen LogP contribution in [0.5, 0.6) is 0 Å². The number of allylic oxidation sites excluding steroid dienone is 1. The van der Waals surface area contributed by atoms with Gasteiger partial charge in [-0.1, -0.05) is 26.3 Å². The maximum atomic E-state index is 13.1. The third kappa shape index (κ3) is 2.88. The van der Waals surface area contributed by atoms with E-state index < -0.39 is 63.1 Å². The maximum absolute atomic E-state index is 13.1. The van der Waals surface area contributed by atoms with Crippen molar-refractivity contribution in [3.63, 3.8) is 0 Å². The highest BCUT2D eigenvalue weighted by Crippen LogP contribution is 2.76. The molecule has 0 bridgehead atoms. The van der Waals surface area contributed by atoms with Crippen LogP contribution in [0.15, 0.2) is 11.6 Å². The summed E-state index contributed by atoms with van der Waals surface area (Å²) in [6, 6.07) is 0. The summed E-state index contributed by atoms with van der Waals surface area (Å²) in [4.78, 5) is 26.0. The van der Waals surface area contributed by atoms with Gasteiger partial charge in [0.2, 0.25) is 0 Å². The molecule has 1 heterocycles. The van der Waals surface area contributed by atoms with Gasteiger partial charge >= 0.3 is 5.97 Å². The van der Waals surface area contributed by atoms with E-state index in [0.717, 1.165) is 5.57 Å². The Balaban J connectivity index is 1.63. The molecule has 0 aromatic heterocycles. The van der Waals surface area contributed by atoms with Gasteiger partial charge in [0.1, 0.15) is 28.5 Å². The molecule has 4 saturated carbocycles. The van der Waals surface area contributed by atoms with Gasteiger partial charge in [-0.25, -0.2) is 4.79 Å². The molecule has 10 atom stereocenters. The highest BCUT2D eigenvalue weighted by molar-refractivity contribution is 5.87. The maximum Gasteiger partial charge on any atom is 0.330 e. The second kappa shape index (κ2) is 7.63. The monoisotopic (exact) mass is 506 g/mol. The Morgan fingerprint density at radius 1 is 1.06 bits per heavy atom. The van der Waals surface area contributed by atoms with Crippen molar-refractivity contribution in [2.24, 2.45) is 22.7 Å². The van der Waals surface area contributed by atoms with Gasteiger partial charge in [-0.3, -0.25) is 4.79 Å². The zero-order chi connectivity index (χ0) is 26.7. The molecule has 0 aromatic rings. The fourth-order valence-electron chi connectivity index (χ4n) is 8.91. The lowest BCUT2D eigenvalue weighted by Gasteiger charge is -2.67. The van der Waals surface area contributed by atoms with Crippen molar-refractivity contribution in [2.75, 3.05) is 0 Å². The lowest BCUT2D eigenvalue weighted by Crippen LogP contribution is -2.80. The van der Waals surface area contributed by atoms with Crippen molar-refractivity contribution < 1.29 is 39.5 Å². The second-order valence-corrected chi connectivity index (χ2v) is 13.2. The molecule has 8 nitrogen and oxygen atoms in total. The second-order valence-electron chi connectivity index (χ2n) is 13.2. The van der Waals surface area contributed by atoms with Crippen LogP contribution in [-0.2, 0) is 19.1 Å². The van der Waals surface area contributed by atoms with Crippen LogP contribution in [-0.4, -0.2) is 72.9 Å². The van der Waals surface area contributed by atoms with E-state index in [1.807, 2.05) is 27.7 Å². The summed E-state index contributed by atoms with van der Waals surface area (Å²) in [6.45, 7) is 10.7. The fourth-order valence-corrected chi connectivity index (χ4v) is 8.91. The molecule has 1 saturated heterocycles. The number of carbonyl (C=O) groups is 2. The summed E-state index contributed by atoms with van der Waals surface area (Å²) in [5.74, 6) is -1.49. The third-order valence-electron chi connectivity index (χ3n) is 11.6. The summed E-state index contributed by atoms with van der Waals surface area (Å²) >= 11 is 0. The predicted molar refractivity (Wildman–Crippen MR) is 130 cm³/mol. The SMILES string of the molecule is CC(=O)C1(O)CCC2(O)C3(O)CC4OC45CC(O)CCC5(C)C3CC(OC(=O)C=C(C)C(C)C)C12C. The minimum atomic E-state index is -1.97. The lowest BCUT2D eigenvalue weighted by molar-refractivity contribution is -0.326. The number of ether oxygens (including phenoxy) is 2. The standard InChI is InChI=1S/C28H42O8/c1-15(2)16(3)11-22(31)35-20-12-19-23(5)8-7-18(30)13-27(23)21(36-27)14-26(19,33)28(34)10-9-25(32,17(4)29)24(20,28)6/h11,15,18-21,30,32-34H,7-10,12-14H2,1-6H3. The molecule has 5 aliphatic rings. The minimum absolute atomic E-state index is 0.0000827. The van der Waals surface area contributed by atoms with Gasteiger partial charge in [0, 0.05) is 30.3 Å². The van der Waals surface area contributed by atoms with Gasteiger partial charge in [-0.15, -0.1) is 0 Å². The van der Waals surface area contributed by atoms with Crippen molar-refractivity contribution in [3.8, 4) is 0 Å². The molecule has 4 N–H and O–H groups in total. The Bertz CT molecular complexity index is 1020. The van der Waals surface area contributed by atoms with Crippen molar-refractivity contribution in [1.29, 1.82) is 0 Å². The molecule has 0 amide bonds. The average molecular weight is 507 g/mol. The number of rotatable bonds is 4. The number of hydrogen-bond donors (Lipinski definition) is 4. The molecule has 4 aliphatic carbocycles. The molecule has 5 rings (SSSR count). The number of ketones is 1. The molecular formula is C28H42O8. The van der Waals surface area contributed by atoms with Crippen molar-refractivity contribution in [2.45, 2.75) is 127 Å². The van der Waals surface area contributed by atoms with Crippen molar-refractivity contribution in [3.05, 3.63) is 11.6 Å². The number of carbonyl (C=O) groups excluding carboxylic acids is 2. The first-order valence-corrected chi connectivity index (χ1v) is 13.5. The summed E-state index contributed by atoms with van der Waals surface area (Å²) < 4.78 is 12.3. The normalized spacial score (nSPS) is 53.7. The topological polar surface area (TPSA) is 137 Å². The van der Waals surface area contributed by atoms with Gasteiger partial charge in [0.05, 0.1) is 17.6 Å². The minimum Gasteiger partial charge on any atom is -0.458 e. The van der Waals surface area contributed by atoms with E-state index in [4.69, 9.17) is 9.47 Å². The van der Waals surface area contributed by atoms with Crippen LogP contribution in [0.4, 0.5) is 0 Å². The number of Topliss-reactive ketones (excluding diaryl/α,β-unsaturated/α-hetero) is 1. The van der Waals surface area contributed by atoms with Crippen LogP contribution in [0, 0.1) is 22.7 Å². The zero-order valence-electron chi connectivity index (χ0n) is 22.3. The molecule has 202 valence electrons. The predicted octanol–water partition coefficient (Wildman–Crippen LogP) is 2.20. The lowest BCUT2D eigenvalue weighted by atomic mass is 9.40. The van der Waals surface area contributed by atoms with E-state index in [2.05, 4.69) is 0 Å². The number of esters is 1. The first-order valence-electron chi connectivity index (χ1n) is 13.5. The molecule has 0 aromatic carbocycles. The third-order valence-corrected chi connectivity index (χ3v) is 11.6. The van der Waals surface area contributed by atoms with Crippen LogP contribution < -0.4 is 0 Å². The fraction of sp³-hybridized carbons (Fsp3) is 0.857. The van der Waals surface area contributed by atoms with E-state index in [-0.39, 0.29) is 37.7 Å². The summed E-state index contributed by atoms with van der Waals surface area (Å²) in [5.41, 5.74) is -7.47. The molecule has 36 heavy (non-hydrogen) atoms.